The Kier molecular flexibility index (Phi) is 3.79. The van der Waals surface area contributed by atoms with Gasteiger partial charge in [-0.3, -0.25) is 0 Å². The number of aromatic amines is 1. The number of nitrogens with one attached hydrogen (secondary N) is 2. The van der Waals surface area contributed by atoms with Crippen LogP contribution in [0.2, 0.25) is 0 Å². The van der Waals surface area contributed by atoms with Crippen LogP contribution in [0.25, 0.3) is 22.4 Å². The molecule has 0 saturated carbocycles. The molecule has 5 rings (SSSR count). The van der Waals surface area contributed by atoms with E-state index in [1.54, 1.807) is 0 Å². The standard InChI is InChI=1S/C25H18N4/c1-3-15-5-7-21-17(9-15)14-23(27-21)18-11-19(13-20(26)12-18)25-28-22-8-6-16(4-2)10-24(22)29-25/h1-2,5-13,23,27H,14,26H2,(H,28,29). The molecule has 0 amide bonds. The molecular formula is C25H18N4. The van der Waals surface area contributed by atoms with Crippen molar-refractivity contribution in [3.63, 3.8) is 0 Å². The number of hydrogen-bond acceptors (Lipinski definition) is 3. The van der Waals surface area contributed by atoms with Crippen LogP contribution in [0, 0.1) is 24.7 Å². The average Bonchev–Trinajstić information content (AvgIpc) is 3.36. The second kappa shape index (κ2) is 6.48. The quantitative estimate of drug-likeness (QED) is 0.358. The fourth-order valence-electron chi connectivity index (χ4n) is 3.90. The second-order valence-electron chi connectivity index (χ2n) is 7.27. The van der Waals surface area contributed by atoms with Gasteiger partial charge in [-0.15, -0.1) is 12.8 Å². The molecule has 0 spiro atoms. The van der Waals surface area contributed by atoms with Crippen LogP contribution < -0.4 is 11.1 Å². The second-order valence-corrected chi connectivity index (χ2v) is 7.27. The first-order valence-electron chi connectivity index (χ1n) is 9.36. The van der Waals surface area contributed by atoms with E-state index in [0.29, 0.717) is 5.69 Å². The largest absolute Gasteiger partial charge is 0.399 e. The third kappa shape index (κ3) is 2.98. The summed E-state index contributed by atoms with van der Waals surface area (Å²) < 4.78 is 0. The van der Waals surface area contributed by atoms with Crippen molar-refractivity contribution in [3.05, 3.63) is 76.9 Å². The lowest BCUT2D eigenvalue weighted by Gasteiger charge is -2.14. The minimum atomic E-state index is 0.137. The highest BCUT2D eigenvalue weighted by Crippen LogP contribution is 2.36. The number of anilines is 2. The average molecular weight is 374 g/mol. The van der Waals surface area contributed by atoms with Gasteiger partial charge in [0.25, 0.3) is 0 Å². The van der Waals surface area contributed by atoms with E-state index < -0.39 is 0 Å². The third-order valence-corrected chi connectivity index (χ3v) is 5.33. The normalized spacial score (nSPS) is 14.8. The first-order chi connectivity index (χ1) is 14.1. The van der Waals surface area contributed by atoms with Crippen LogP contribution in [0.3, 0.4) is 0 Å². The summed E-state index contributed by atoms with van der Waals surface area (Å²) >= 11 is 0. The number of nitrogens with zero attached hydrogens (tertiary/aromatic N) is 1. The van der Waals surface area contributed by atoms with E-state index in [1.807, 2.05) is 42.5 Å². The van der Waals surface area contributed by atoms with Gasteiger partial charge in [0.1, 0.15) is 5.82 Å². The Bertz CT molecular complexity index is 1350. The molecule has 1 aliphatic rings. The number of rotatable bonds is 2. The molecule has 1 atom stereocenters. The fraction of sp³-hybridized carbons (Fsp3) is 0.0800. The predicted octanol–water partition coefficient (Wildman–Crippen LogP) is 4.48. The van der Waals surface area contributed by atoms with Crippen molar-refractivity contribution in [3.8, 4) is 36.1 Å². The van der Waals surface area contributed by atoms with E-state index >= 15 is 0 Å². The van der Waals surface area contributed by atoms with Crippen molar-refractivity contribution in [2.45, 2.75) is 12.5 Å². The zero-order valence-corrected chi connectivity index (χ0v) is 15.7. The summed E-state index contributed by atoms with van der Waals surface area (Å²) in [6, 6.07) is 18.0. The molecular weight excluding hydrogens is 356 g/mol. The van der Waals surface area contributed by atoms with Gasteiger partial charge in [-0.05, 0) is 72.1 Å². The van der Waals surface area contributed by atoms with Gasteiger partial charge in [-0.2, -0.15) is 0 Å². The SMILES string of the molecule is C#Cc1ccc2c(c1)CC(c1cc(N)cc(-c3nc4cc(C#C)ccc4[nH]3)c1)N2. The molecule has 1 unspecified atom stereocenters. The summed E-state index contributed by atoms with van der Waals surface area (Å²) in [6.07, 6.45) is 11.9. The molecule has 3 aromatic carbocycles. The van der Waals surface area contributed by atoms with Crippen LogP contribution in [0.5, 0.6) is 0 Å². The molecule has 4 N–H and O–H groups in total. The fourth-order valence-corrected chi connectivity index (χ4v) is 3.90. The topological polar surface area (TPSA) is 66.7 Å². The number of aromatic nitrogens is 2. The van der Waals surface area contributed by atoms with Gasteiger partial charge >= 0.3 is 0 Å². The molecule has 0 radical (unpaired) electrons. The van der Waals surface area contributed by atoms with Crippen molar-refractivity contribution in [1.29, 1.82) is 0 Å². The Morgan fingerprint density at radius 3 is 2.59 bits per heavy atom. The van der Waals surface area contributed by atoms with Crippen molar-refractivity contribution in [2.75, 3.05) is 11.1 Å². The van der Waals surface area contributed by atoms with Crippen molar-refractivity contribution in [2.24, 2.45) is 0 Å². The number of benzene rings is 3. The Balaban J connectivity index is 1.51. The lowest BCUT2D eigenvalue weighted by atomic mass is 9.99. The molecule has 0 aliphatic carbocycles. The van der Waals surface area contributed by atoms with Gasteiger partial charge in [0.15, 0.2) is 0 Å². The molecule has 0 saturated heterocycles. The highest BCUT2D eigenvalue weighted by Gasteiger charge is 2.23. The van der Waals surface area contributed by atoms with Crippen LogP contribution in [0.1, 0.15) is 28.3 Å². The third-order valence-electron chi connectivity index (χ3n) is 5.33. The molecule has 4 heteroatoms. The molecule has 2 heterocycles. The summed E-state index contributed by atoms with van der Waals surface area (Å²) in [5.74, 6) is 6.12. The molecule has 0 fully saturated rings. The van der Waals surface area contributed by atoms with E-state index in [1.165, 1.54) is 5.56 Å². The van der Waals surface area contributed by atoms with Gasteiger partial charge in [0, 0.05) is 28.1 Å². The summed E-state index contributed by atoms with van der Waals surface area (Å²) in [7, 11) is 0. The van der Waals surface area contributed by atoms with Crippen LogP contribution >= 0.6 is 0 Å². The molecule has 4 nitrogen and oxygen atoms in total. The van der Waals surface area contributed by atoms with E-state index in [0.717, 1.165) is 51.2 Å². The lowest BCUT2D eigenvalue weighted by molar-refractivity contribution is 0.825. The summed E-state index contributed by atoms with van der Waals surface area (Å²) in [6.45, 7) is 0. The summed E-state index contributed by atoms with van der Waals surface area (Å²) in [4.78, 5) is 8.08. The van der Waals surface area contributed by atoms with Gasteiger partial charge in [-0.25, -0.2) is 4.98 Å². The van der Waals surface area contributed by atoms with E-state index in [4.69, 9.17) is 23.6 Å². The Hall–Kier alpha value is -4.15. The Morgan fingerprint density at radius 2 is 1.76 bits per heavy atom. The van der Waals surface area contributed by atoms with E-state index in [-0.39, 0.29) is 6.04 Å². The maximum absolute atomic E-state index is 6.23. The monoisotopic (exact) mass is 374 g/mol. The van der Waals surface area contributed by atoms with E-state index in [2.05, 4.69) is 34.3 Å². The molecule has 0 bridgehead atoms. The molecule has 1 aliphatic heterocycles. The van der Waals surface area contributed by atoms with Crippen molar-refractivity contribution < 1.29 is 0 Å². The van der Waals surface area contributed by atoms with Gasteiger partial charge in [0.2, 0.25) is 0 Å². The highest BCUT2D eigenvalue weighted by atomic mass is 15.0. The van der Waals surface area contributed by atoms with Crippen molar-refractivity contribution >= 4 is 22.4 Å². The molecule has 138 valence electrons. The Morgan fingerprint density at radius 1 is 0.966 bits per heavy atom. The molecule has 29 heavy (non-hydrogen) atoms. The summed E-state index contributed by atoms with van der Waals surface area (Å²) in [5, 5.41) is 3.57. The molecule has 4 aromatic rings. The van der Waals surface area contributed by atoms with Crippen molar-refractivity contribution in [1.82, 2.24) is 9.97 Å². The van der Waals surface area contributed by atoms with Crippen LogP contribution in [-0.4, -0.2) is 9.97 Å². The number of H-pyrrole nitrogens is 1. The van der Waals surface area contributed by atoms with Gasteiger partial charge in [-0.1, -0.05) is 11.8 Å². The number of nitrogen functional groups attached to an aromatic ring is 1. The van der Waals surface area contributed by atoms with Crippen LogP contribution in [0.15, 0.2) is 54.6 Å². The minimum absolute atomic E-state index is 0.137. The molecule has 1 aromatic heterocycles. The van der Waals surface area contributed by atoms with Crippen LogP contribution in [-0.2, 0) is 6.42 Å². The number of nitrogens with two attached hydrogens (primary N) is 1. The van der Waals surface area contributed by atoms with Gasteiger partial charge < -0.3 is 16.0 Å². The number of imidazole rings is 1. The van der Waals surface area contributed by atoms with Gasteiger partial charge in [0.05, 0.1) is 17.1 Å². The predicted molar refractivity (Wildman–Crippen MR) is 118 cm³/mol. The smallest absolute Gasteiger partial charge is 0.138 e. The highest BCUT2D eigenvalue weighted by molar-refractivity contribution is 5.81. The van der Waals surface area contributed by atoms with E-state index in [9.17, 15) is 0 Å². The maximum Gasteiger partial charge on any atom is 0.138 e. The zero-order valence-electron chi connectivity index (χ0n) is 15.7. The summed E-state index contributed by atoms with van der Waals surface area (Å²) in [5.41, 5.74) is 14.8. The zero-order chi connectivity index (χ0) is 20.0. The minimum Gasteiger partial charge on any atom is -0.399 e. The van der Waals surface area contributed by atoms with Crippen LogP contribution in [0.4, 0.5) is 11.4 Å². The number of terminal acetylenes is 2. The lowest BCUT2D eigenvalue weighted by Crippen LogP contribution is -2.06. The Labute approximate surface area is 169 Å². The first kappa shape index (κ1) is 17.0. The number of fused-ring (bicyclic) bond motifs is 2. The first-order valence-corrected chi connectivity index (χ1v) is 9.36. The maximum atomic E-state index is 6.23. The number of hydrogen-bond donors (Lipinski definition) is 3.